The molecule has 1 fully saturated rings. The van der Waals surface area contributed by atoms with Gasteiger partial charge in [-0.05, 0) is 79.4 Å². The standard InChI is InChI=1S/C23H18F3N3O2S/c1-2-31-19-10-8-16(9-11-19)27-22-28-21(30)20(32-22)14-18-7-4-12-29(18)17-6-3-5-15(13-17)23(24,25)26/h3-14H,2H2,1H3,(H,27,28,30). The highest BCUT2D eigenvalue weighted by molar-refractivity contribution is 8.18. The largest absolute Gasteiger partial charge is 0.494 e. The highest BCUT2D eigenvalue weighted by atomic mass is 32.2. The molecule has 3 aromatic rings. The van der Waals surface area contributed by atoms with Gasteiger partial charge in [-0.3, -0.25) is 4.79 Å². The van der Waals surface area contributed by atoms with Crippen molar-refractivity contribution >= 4 is 34.6 Å². The number of amidine groups is 1. The van der Waals surface area contributed by atoms with Gasteiger partial charge in [0, 0.05) is 17.6 Å². The molecule has 0 spiro atoms. The first-order chi connectivity index (χ1) is 15.3. The van der Waals surface area contributed by atoms with Gasteiger partial charge in [0.25, 0.3) is 5.91 Å². The molecule has 0 bridgehead atoms. The SMILES string of the molecule is CCOc1ccc(N=C2NC(=O)C(=Cc3cccn3-c3cccc(C(F)(F)F)c3)S2)cc1. The van der Waals surface area contributed by atoms with Gasteiger partial charge in [-0.2, -0.15) is 13.2 Å². The molecule has 1 amide bonds. The molecule has 9 heteroatoms. The summed E-state index contributed by atoms with van der Waals surface area (Å²) in [5.74, 6) is 0.409. The number of aliphatic imine (C=N–C) groups is 1. The third-order valence-electron chi connectivity index (χ3n) is 4.54. The zero-order valence-electron chi connectivity index (χ0n) is 16.9. The first-order valence-electron chi connectivity index (χ1n) is 9.71. The van der Waals surface area contributed by atoms with Gasteiger partial charge in [-0.15, -0.1) is 0 Å². The molecule has 164 valence electrons. The normalized spacial score (nSPS) is 16.6. The van der Waals surface area contributed by atoms with E-state index in [2.05, 4.69) is 10.3 Å². The van der Waals surface area contributed by atoms with Crippen molar-refractivity contribution in [1.29, 1.82) is 0 Å². The number of alkyl halides is 3. The second kappa shape index (κ2) is 8.96. The van der Waals surface area contributed by atoms with Crippen LogP contribution < -0.4 is 10.1 Å². The minimum absolute atomic E-state index is 0.323. The van der Waals surface area contributed by atoms with Crippen molar-refractivity contribution in [3.63, 3.8) is 0 Å². The van der Waals surface area contributed by atoms with E-state index in [1.807, 2.05) is 6.92 Å². The Hall–Kier alpha value is -3.46. The number of benzene rings is 2. The number of carbonyl (C=O) groups is 1. The van der Waals surface area contributed by atoms with Gasteiger partial charge in [-0.1, -0.05) is 6.07 Å². The number of nitrogens with zero attached hydrogens (tertiary/aromatic N) is 2. The number of hydrogen-bond acceptors (Lipinski definition) is 4. The van der Waals surface area contributed by atoms with E-state index in [-0.39, 0.29) is 5.91 Å². The van der Waals surface area contributed by atoms with Crippen molar-refractivity contribution in [2.75, 3.05) is 6.61 Å². The molecule has 0 atom stereocenters. The summed E-state index contributed by atoms with van der Waals surface area (Å²) in [6.45, 7) is 2.46. The molecule has 1 saturated heterocycles. The lowest BCUT2D eigenvalue weighted by molar-refractivity contribution is -0.137. The van der Waals surface area contributed by atoms with Gasteiger partial charge in [0.2, 0.25) is 0 Å². The van der Waals surface area contributed by atoms with Crippen molar-refractivity contribution in [1.82, 2.24) is 9.88 Å². The summed E-state index contributed by atoms with van der Waals surface area (Å²) in [6, 6.07) is 15.6. The molecule has 0 radical (unpaired) electrons. The predicted molar refractivity (Wildman–Crippen MR) is 119 cm³/mol. The first-order valence-corrected chi connectivity index (χ1v) is 10.5. The number of aromatic nitrogens is 1. The third kappa shape index (κ3) is 4.88. The number of rotatable bonds is 5. The minimum atomic E-state index is -4.44. The summed E-state index contributed by atoms with van der Waals surface area (Å²) in [6.07, 6.45) is -1.16. The van der Waals surface area contributed by atoms with Crippen molar-refractivity contribution in [3.05, 3.63) is 83.0 Å². The maximum Gasteiger partial charge on any atom is 0.416 e. The maximum absolute atomic E-state index is 13.1. The van der Waals surface area contributed by atoms with Gasteiger partial charge < -0.3 is 14.6 Å². The lowest BCUT2D eigenvalue weighted by Crippen LogP contribution is -2.19. The molecular formula is C23H18F3N3O2S. The lowest BCUT2D eigenvalue weighted by atomic mass is 10.2. The van der Waals surface area contributed by atoms with Crippen molar-refractivity contribution in [2.24, 2.45) is 4.99 Å². The van der Waals surface area contributed by atoms with Crippen LogP contribution in [0, 0.1) is 0 Å². The fourth-order valence-corrected chi connectivity index (χ4v) is 3.92. The summed E-state index contributed by atoms with van der Waals surface area (Å²) in [7, 11) is 0. The second-order valence-electron chi connectivity index (χ2n) is 6.76. The molecule has 5 nitrogen and oxygen atoms in total. The molecule has 1 aliphatic heterocycles. The number of carbonyl (C=O) groups excluding carboxylic acids is 1. The van der Waals surface area contributed by atoms with Gasteiger partial charge in [0.05, 0.1) is 22.8 Å². The van der Waals surface area contributed by atoms with Crippen LogP contribution in [0.2, 0.25) is 0 Å². The second-order valence-corrected chi connectivity index (χ2v) is 7.79. The van der Waals surface area contributed by atoms with Gasteiger partial charge in [0.15, 0.2) is 5.17 Å². The van der Waals surface area contributed by atoms with E-state index in [9.17, 15) is 18.0 Å². The zero-order chi connectivity index (χ0) is 22.7. The van der Waals surface area contributed by atoms with Crippen LogP contribution in [-0.4, -0.2) is 22.2 Å². The summed E-state index contributed by atoms with van der Waals surface area (Å²) in [5, 5.41) is 3.13. The Balaban J connectivity index is 1.57. The Kier molecular flexibility index (Phi) is 6.09. The maximum atomic E-state index is 13.1. The number of thioether (sulfide) groups is 1. The number of amides is 1. The summed E-state index contributed by atoms with van der Waals surface area (Å²) in [5.41, 5.74) is 0.845. The topological polar surface area (TPSA) is 55.6 Å². The van der Waals surface area contributed by atoms with E-state index in [0.717, 1.165) is 29.6 Å². The molecule has 4 rings (SSSR count). The summed E-state index contributed by atoms with van der Waals surface area (Å²) in [4.78, 5) is 17.2. The van der Waals surface area contributed by atoms with E-state index in [0.29, 0.717) is 33.7 Å². The molecule has 0 unspecified atom stereocenters. The van der Waals surface area contributed by atoms with Crippen molar-refractivity contribution in [3.8, 4) is 11.4 Å². The van der Waals surface area contributed by atoms with E-state index >= 15 is 0 Å². The van der Waals surface area contributed by atoms with E-state index in [1.54, 1.807) is 59.3 Å². The van der Waals surface area contributed by atoms with Crippen LogP contribution in [-0.2, 0) is 11.0 Å². The number of hydrogen-bond donors (Lipinski definition) is 1. The Bertz CT molecular complexity index is 1200. The van der Waals surface area contributed by atoms with Crippen LogP contribution in [0.25, 0.3) is 11.8 Å². The van der Waals surface area contributed by atoms with E-state index in [1.165, 1.54) is 6.07 Å². The van der Waals surface area contributed by atoms with Crippen LogP contribution in [0.3, 0.4) is 0 Å². The quantitative estimate of drug-likeness (QED) is 0.494. The van der Waals surface area contributed by atoms with Crippen LogP contribution >= 0.6 is 11.8 Å². The van der Waals surface area contributed by atoms with Crippen LogP contribution in [0.4, 0.5) is 18.9 Å². The molecule has 2 aromatic carbocycles. The Morgan fingerprint density at radius 2 is 1.91 bits per heavy atom. The molecule has 1 aliphatic rings. The number of ether oxygens (including phenoxy) is 1. The Labute approximate surface area is 186 Å². The van der Waals surface area contributed by atoms with Crippen LogP contribution in [0.1, 0.15) is 18.2 Å². The molecule has 1 aromatic heterocycles. The monoisotopic (exact) mass is 457 g/mol. The first kappa shape index (κ1) is 21.8. The van der Waals surface area contributed by atoms with Gasteiger partial charge >= 0.3 is 6.18 Å². The molecule has 0 aliphatic carbocycles. The lowest BCUT2D eigenvalue weighted by Gasteiger charge is -2.11. The smallest absolute Gasteiger partial charge is 0.416 e. The minimum Gasteiger partial charge on any atom is -0.494 e. The highest BCUT2D eigenvalue weighted by Gasteiger charge is 2.30. The Morgan fingerprint density at radius 3 is 2.62 bits per heavy atom. The molecule has 32 heavy (non-hydrogen) atoms. The molecule has 0 saturated carbocycles. The molecule has 2 heterocycles. The Morgan fingerprint density at radius 1 is 1.12 bits per heavy atom. The highest BCUT2D eigenvalue weighted by Crippen LogP contribution is 2.32. The van der Waals surface area contributed by atoms with Crippen LogP contribution in [0.15, 0.2) is 76.8 Å². The number of nitrogens with one attached hydrogen (secondary N) is 1. The molecular weight excluding hydrogens is 439 g/mol. The zero-order valence-corrected chi connectivity index (χ0v) is 17.7. The average molecular weight is 457 g/mol. The summed E-state index contributed by atoms with van der Waals surface area (Å²) >= 11 is 1.16. The third-order valence-corrected chi connectivity index (χ3v) is 5.45. The average Bonchev–Trinajstić information content (AvgIpc) is 3.36. The van der Waals surface area contributed by atoms with E-state index < -0.39 is 11.7 Å². The fourth-order valence-electron chi connectivity index (χ4n) is 3.09. The van der Waals surface area contributed by atoms with Crippen molar-refractivity contribution < 1.29 is 22.7 Å². The number of halogens is 3. The van der Waals surface area contributed by atoms with Gasteiger partial charge in [-0.25, -0.2) is 4.99 Å². The van der Waals surface area contributed by atoms with E-state index in [4.69, 9.17) is 4.74 Å². The van der Waals surface area contributed by atoms with Crippen molar-refractivity contribution in [2.45, 2.75) is 13.1 Å². The predicted octanol–water partition coefficient (Wildman–Crippen LogP) is 5.79. The molecule has 1 N–H and O–H groups in total. The summed E-state index contributed by atoms with van der Waals surface area (Å²) < 4.78 is 46.2. The van der Waals surface area contributed by atoms with Crippen LogP contribution in [0.5, 0.6) is 5.75 Å². The fraction of sp³-hybridized carbons (Fsp3) is 0.130. The van der Waals surface area contributed by atoms with Gasteiger partial charge in [0.1, 0.15) is 5.75 Å².